The maximum absolute atomic E-state index is 8.71. The fraction of sp³-hybridized carbons (Fsp3) is 1.00. The van der Waals surface area contributed by atoms with E-state index in [9.17, 15) is 0 Å². The summed E-state index contributed by atoms with van der Waals surface area (Å²) in [5.74, 6) is 0.836. The lowest BCUT2D eigenvalue weighted by Gasteiger charge is -2.26. The van der Waals surface area contributed by atoms with E-state index in [1.165, 1.54) is 12.8 Å². The van der Waals surface area contributed by atoms with Gasteiger partial charge in [0, 0.05) is 13.1 Å². The minimum Gasteiger partial charge on any atom is -0.395 e. The Morgan fingerprint density at radius 2 is 2.00 bits per heavy atom. The van der Waals surface area contributed by atoms with Crippen molar-refractivity contribution in [2.75, 3.05) is 39.8 Å². The Hall–Kier alpha value is 0.170. The minimum atomic E-state index is 0. The van der Waals surface area contributed by atoms with Crippen LogP contribution in [0.5, 0.6) is 0 Å². The molecule has 80 valence electrons. The molecule has 1 saturated heterocycles. The summed E-state index contributed by atoms with van der Waals surface area (Å²) in [7, 11) is 2.08. The maximum atomic E-state index is 8.71. The van der Waals surface area contributed by atoms with Crippen LogP contribution in [0.4, 0.5) is 0 Å². The summed E-state index contributed by atoms with van der Waals surface area (Å²) < 4.78 is 0. The van der Waals surface area contributed by atoms with Crippen LogP contribution in [0.2, 0.25) is 0 Å². The molecule has 0 saturated carbocycles. The first-order chi connectivity index (χ1) is 5.83. The van der Waals surface area contributed by atoms with Gasteiger partial charge in [-0.25, -0.2) is 0 Å². The molecule has 0 radical (unpaired) electrons. The third-order valence-corrected chi connectivity index (χ3v) is 2.51. The van der Waals surface area contributed by atoms with Gasteiger partial charge < -0.3 is 15.3 Å². The van der Waals surface area contributed by atoms with Gasteiger partial charge in [0.2, 0.25) is 0 Å². The first-order valence-electron chi connectivity index (χ1n) is 4.83. The number of rotatable bonds is 4. The van der Waals surface area contributed by atoms with Crippen molar-refractivity contribution in [2.45, 2.75) is 12.8 Å². The van der Waals surface area contributed by atoms with Crippen molar-refractivity contribution in [1.29, 1.82) is 0 Å². The van der Waals surface area contributed by atoms with Crippen LogP contribution in [-0.4, -0.2) is 49.8 Å². The summed E-state index contributed by atoms with van der Waals surface area (Å²) in [5, 5.41) is 12.1. The molecule has 13 heavy (non-hydrogen) atoms. The summed E-state index contributed by atoms with van der Waals surface area (Å²) in [4.78, 5) is 2.22. The lowest BCUT2D eigenvalue weighted by Crippen LogP contribution is -2.35. The molecule has 0 amide bonds. The van der Waals surface area contributed by atoms with Crippen molar-refractivity contribution >= 4 is 12.4 Å². The van der Waals surface area contributed by atoms with E-state index >= 15 is 0 Å². The molecule has 0 aromatic carbocycles. The number of hydrogen-bond acceptors (Lipinski definition) is 3. The molecule has 3 nitrogen and oxygen atoms in total. The zero-order valence-electron chi connectivity index (χ0n) is 8.33. The maximum Gasteiger partial charge on any atom is 0.0558 e. The van der Waals surface area contributed by atoms with Crippen LogP contribution in [0.1, 0.15) is 12.8 Å². The molecule has 0 atom stereocenters. The first kappa shape index (κ1) is 13.2. The van der Waals surface area contributed by atoms with Crippen LogP contribution in [0.25, 0.3) is 0 Å². The van der Waals surface area contributed by atoms with Gasteiger partial charge in [0.15, 0.2) is 0 Å². The lowest BCUT2D eigenvalue weighted by atomic mass is 9.98. The van der Waals surface area contributed by atoms with Gasteiger partial charge in [-0.1, -0.05) is 0 Å². The first-order valence-corrected chi connectivity index (χ1v) is 4.83. The van der Waals surface area contributed by atoms with Crippen LogP contribution >= 0.6 is 12.4 Å². The minimum absolute atomic E-state index is 0. The van der Waals surface area contributed by atoms with E-state index in [1.807, 2.05) is 0 Å². The molecule has 1 rings (SSSR count). The van der Waals surface area contributed by atoms with Gasteiger partial charge in [-0.15, -0.1) is 12.4 Å². The SMILES string of the molecule is CN(CCO)CC1CCNCC1.Cl. The molecular weight excluding hydrogens is 188 g/mol. The molecule has 4 heteroatoms. The Bertz CT molecular complexity index is 118. The summed E-state index contributed by atoms with van der Waals surface area (Å²) >= 11 is 0. The van der Waals surface area contributed by atoms with Gasteiger partial charge in [0.1, 0.15) is 0 Å². The highest BCUT2D eigenvalue weighted by Gasteiger charge is 2.14. The molecule has 0 aliphatic carbocycles. The van der Waals surface area contributed by atoms with Gasteiger partial charge in [-0.2, -0.15) is 0 Å². The standard InChI is InChI=1S/C9H20N2O.ClH/c1-11(6-7-12)8-9-2-4-10-5-3-9;/h9-10,12H,2-8H2,1H3;1H. The summed E-state index contributed by atoms with van der Waals surface area (Å²) in [5.41, 5.74) is 0. The van der Waals surface area contributed by atoms with Gasteiger partial charge in [-0.3, -0.25) is 0 Å². The summed E-state index contributed by atoms with van der Waals surface area (Å²) in [6.45, 7) is 4.56. The zero-order valence-corrected chi connectivity index (χ0v) is 9.15. The number of halogens is 1. The number of aliphatic hydroxyl groups excluding tert-OH is 1. The second-order valence-corrected chi connectivity index (χ2v) is 3.68. The van der Waals surface area contributed by atoms with Gasteiger partial charge >= 0.3 is 0 Å². The Morgan fingerprint density at radius 3 is 2.54 bits per heavy atom. The highest BCUT2D eigenvalue weighted by molar-refractivity contribution is 5.85. The van der Waals surface area contributed by atoms with Crippen molar-refractivity contribution in [2.24, 2.45) is 5.92 Å². The van der Waals surface area contributed by atoms with Crippen molar-refractivity contribution in [3.05, 3.63) is 0 Å². The Balaban J connectivity index is 0.00000144. The third-order valence-electron chi connectivity index (χ3n) is 2.51. The molecular formula is C9H21ClN2O. The predicted octanol–water partition coefficient (Wildman–Crippen LogP) is 0.332. The van der Waals surface area contributed by atoms with Gasteiger partial charge in [-0.05, 0) is 38.9 Å². The smallest absolute Gasteiger partial charge is 0.0558 e. The highest BCUT2D eigenvalue weighted by atomic mass is 35.5. The van der Waals surface area contributed by atoms with E-state index in [0.717, 1.165) is 32.1 Å². The Labute approximate surface area is 86.9 Å². The second-order valence-electron chi connectivity index (χ2n) is 3.68. The predicted molar refractivity (Wildman–Crippen MR) is 57.4 cm³/mol. The monoisotopic (exact) mass is 208 g/mol. The molecule has 2 N–H and O–H groups in total. The molecule has 1 fully saturated rings. The number of nitrogens with one attached hydrogen (secondary N) is 1. The molecule has 1 aliphatic rings. The second kappa shape index (κ2) is 7.56. The Kier molecular flexibility index (Phi) is 7.66. The zero-order chi connectivity index (χ0) is 8.81. The molecule has 0 unspecified atom stereocenters. The van der Waals surface area contributed by atoms with Crippen molar-refractivity contribution in [1.82, 2.24) is 10.2 Å². The average Bonchev–Trinajstić information content (AvgIpc) is 2.06. The van der Waals surface area contributed by atoms with E-state index < -0.39 is 0 Å². The van der Waals surface area contributed by atoms with Crippen LogP contribution < -0.4 is 5.32 Å². The largest absolute Gasteiger partial charge is 0.395 e. The summed E-state index contributed by atoms with van der Waals surface area (Å²) in [6, 6.07) is 0. The van der Waals surface area contributed by atoms with E-state index in [2.05, 4.69) is 17.3 Å². The van der Waals surface area contributed by atoms with E-state index in [-0.39, 0.29) is 19.0 Å². The molecule has 0 spiro atoms. The van der Waals surface area contributed by atoms with Crippen molar-refractivity contribution < 1.29 is 5.11 Å². The number of hydrogen-bond donors (Lipinski definition) is 2. The highest BCUT2D eigenvalue weighted by Crippen LogP contribution is 2.12. The van der Waals surface area contributed by atoms with Gasteiger partial charge in [0.05, 0.1) is 6.61 Å². The molecule has 1 heterocycles. The van der Waals surface area contributed by atoms with Crippen molar-refractivity contribution in [3.8, 4) is 0 Å². The quantitative estimate of drug-likeness (QED) is 0.699. The Morgan fingerprint density at radius 1 is 1.38 bits per heavy atom. The fourth-order valence-corrected chi connectivity index (χ4v) is 1.77. The van der Waals surface area contributed by atoms with E-state index in [0.29, 0.717) is 0 Å². The fourth-order valence-electron chi connectivity index (χ4n) is 1.77. The average molecular weight is 209 g/mol. The molecule has 0 bridgehead atoms. The molecule has 0 aromatic rings. The van der Waals surface area contributed by atoms with Crippen LogP contribution in [0.15, 0.2) is 0 Å². The topological polar surface area (TPSA) is 35.5 Å². The van der Waals surface area contributed by atoms with Crippen molar-refractivity contribution in [3.63, 3.8) is 0 Å². The van der Waals surface area contributed by atoms with E-state index in [1.54, 1.807) is 0 Å². The van der Waals surface area contributed by atoms with Gasteiger partial charge in [0.25, 0.3) is 0 Å². The summed E-state index contributed by atoms with van der Waals surface area (Å²) in [6.07, 6.45) is 2.57. The van der Waals surface area contributed by atoms with Crippen LogP contribution in [-0.2, 0) is 0 Å². The molecule has 1 aliphatic heterocycles. The number of likely N-dealkylation sites (N-methyl/N-ethyl adjacent to an activating group) is 1. The normalized spacial score (nSPS) is 18.7. The van der Waals surface area contributed by atoms with Crippen LogP contribution in [0.3, 0.4) is 0 Å². The molecule has 0 aromatic heterocycles. The third kappa shape index (κ3) is 5.47. The number of nitrogens with zero attached hydrogens (tertiary/aromatic N) is 1. The lowest BCUT2D eigenvalue weighted by molar-refractivity contribution is 0.189. The van der Waals surface area contributed by atoms with Crippen LogP contribution in [0, 0.1) is 5.92 Å². The number of aliphatic hydroxyl groups is 1. The number of piperidine rings is 1. The van der Waals surface area contributed by atoms with E-state index in [4.69, 9.17) is 5.11 Å².